The van der Waals surface area contributed by atoms with Crippen molar-refractivity contribution in [2.75, 3.05) is 38.7 Å². The number of benzene rings is 2. The van der Waals surface area contributed by atoms with E-state index in [1.54, 1.807) is 20.3 Å². The maximum absolute atomic E-state index is 14.0. The van der Waals surface area contributed by atoms with Gasteiger partial charge in [-0.05, 0) is 60.7 Å². The van der Waals surface area contributed by atoms with Crippen LogP contribution in [-0.4, -0.2) is 69.8 Å². The third kappa shape index (κ3) is 5.12. The molecule has 0 atom stereocenters. The monoisotopic (exact) mass is 528 g/mol. The molecule has 2 saturated heterocycles. The second kappa shape index (κ2) is 10.9. The number of rotatable bonds is 5. The summed E-state index contributed by atoms with van der Waals surface area (Å²) in [5, 5.41) is 10.6. The number of hydrogen-bond donors (Lipinski definition) is 1. The van der Waals surface area contributed by atoms with Crippen LogP contribution in [0.15, 0.2) is 65.6 Å². The Kier molecular flexibility index (Phi) is 7.02. The van der Waals surface area contributed by atoms with Crippen LogP contribution in [0.25, 0.3) is 27.8 Å². The number of ether oxygens (including phenoxy) is 2. The van der Waals surface area contributed by atoms with Crippen LogP contribution >= 0.6 is 0 Å². The van der Waals surface area contributed by atoms with Gasteiger partial charge in [0.2, 0.25) is 0 Å². The SMILES string of the molecule is COC(=O)N1CCC(n2nc(-c3ccnc(NC4CCOCC4)c3)n(-c3ccc4ccccc4c3)c2=O)CC1. The number of piperidine rings is 1. The topological polar surface area (TPSA) is 104 Å². The van der Waals surface area contributed by atoms with Gasteiger partial charge in [0.25, 0.3) is 0 Å². The lowest BCUT2D eigenvalue weighted by atomic mass is 10.1. The Morgan fingerprint density at radius 1 is 1.00 bits per heavy atom. The number of fused-ring (bicyclic) bond motifs is 1. The van der Waals surface area contributed by atoms with Gasteiger partial charge in [-0.1, -0.05) is 30.3 Å². The molecule has 2 aliphatic rings. The quantitative estimate of drug-likeness (QED) is 0.413. The van der Waals surface area contributed by atoms with Crippen LogP contribution in [0.1, 0.15) is 31.7 Å². The van der Waals surface area contributed by atoms with E-state index in [4.69, 9.17) is 14.6 Å². The molecule has 10 nitrogen and oxygen atoms in total. The summed E-state index contributed by atoms with van der Waals surface area (Å²) in [7, 11) is 1.39. The Bertz CT molecular complexity index is 1530. The van der Waals surface area contributed by atoms with Crippen molar-refractivity contribution in [2.45, 2.75) is 37.8 Å². The number of hydrogen-bond acceptors (Lipinski definition) is 7. The molecule has 2 aromatic carbocycles. The van der Waals surface area contributed by atoms with E-state index in [1.807, 2.05) is 48.5 Å². The van der Waals surface area contributed by atoms with Crippen LogP contribution < -0.4 is 11.0 Å². The molecule has 4 heterocycles. The van der Waals surface area contributed by atoms with E-state index in [1.165, 1.54) is 7.11 Å². The maximum Gasteiger partial charge on any atom is 0.409 e. The van der Waals surface area contributed by atoms with Gasteiger partial charge in [-0.15, -0.1) is 5.10 Å². The summed E-state index contributed by atoms with van der Waals surface area (Å²) in [6.07, 6.45) is 4.50. The van der Waals surface area contributed by atoms with Gasteiger partial charge in [0.1, 0.15) is 5.82 Å². The average Bonchev–Trinajstić information content (AvgIpc) is 3.34. The van der Waals surface area contributed by atoms with Crippen LogP contribution in [0.4, 0.5) is 10.6 Å². The highest BCUT2D eigenvalue weighted by molar-refractivity contribution is 5.84. The van der Waals surface area contributed by atoms with Gasteiger partial charge in [-0.25, -0.2) is 23.8 Å². The molecule has 1 N–H and O–H groups in total. The highest BCUT2D eigenvalue weighted by Gasteiger charge is 2.28. The first-order chi connectivity index (χ1) is 19.1. The van der Waals surface area contributed by atoms with Crippen LogP contribution in [0.5, 0.6) is 0 Å². The summed E-state index contributed by atoms with van der Waals surface area (Å²) >= 11 is 0. The normalized spacial score (nSPS) is 16.9. The van der Waals surface area contributed by atoms with Gasteiger partial charge in [0.05, 0.1) is 18.8 Å². The van der Waals surface area contributed by atoms with Gasteiger partial charge < -0.3 is 19.7 Å². The van der Waals surface area contributed by atoms with Crippen molar-refractivity contribution < 1.29 is 14.3 Å². The van der Waals surface area contributed by atoms with Gasteiger partial charge >= 0.3 is 11.8 Å². The molecule has 10 heteroatoms. The van der Waals surface area contributed by atoms with E-state index >= 15 is 0 Å². The first kappa shape index (κ1) is 25.1. The molecule has 2 aromatic heterocycles. The molecule has 0 saturated carbocycles. The molecule has 0 unspecified atom stereocenters. The van der Waals surface area contributed by atoms with E-state index in [9.17, 15) is 9.59 Å². The summed E-state index contributed by atoms with van der Waals surface area (Å²) in [5.41, 5.74) is 1.35. The minimum absolute atomic E-state index is 0.125. The van der Waals surface area contributed by atoms with E-state index < -0.39 is 0 Å². The fourth-order valence-corrected chi connectivity index (χ4v) is 5.48. The molecule has 0 spiro atoms. The Morgan fingerprint density at radius 3 is 2.54 bits per heavy atom. The lowest BCUT2D eigenvalue weighted by Crippen LogP contribution is -2.41. The number of anilines is 1. The predicted octanol–water partition coefficient (Wildman–Crippen LogP) is 4.24. The van der Waals surface area contributed by atoms with E-state index in [0.717, 1.165) is 53.9 Å². The fourth-order valence-electron chi connectivity index (χ4n) is 5.48. The van der Waals surface area contributed by atoms with Crippen molar-refractivity contribution in [2.24, 2.45) is 0 Å². The number of methoxy groups -OCH3 is 1. The van der Waals surface area contributed by atoms with Crippen LogP contribution in [0.3, 0.4) is 0 Å². The lowest BCUT2D eigenvalue weighted by Gasteiger charge is -2.30. The van der Waals surface area contributed by atoms with Crippen LogP contribution in [0.2, 0.25) is 0 Å². The highest BCUT2D eigenvalue weighted by atomic mass is 16.5. The minimum Gasteiger partial charge on any atom is -0.453 e. The van der Waals surface area contributed by atoms with Crippen LogP contribution in [0, 0.1) is 0 Å². The van der Waals surface area contributed by atoms with E-state index in [-0.39, 0.29) is 17.8 Å². The summed E-state index contributed by atoms with van der Waals surface area (Å²) < 4.78 is 13.6. The molecule has 1 amide bonds. The summed E-state index contributed by atoms with van der Waals surface area (Å²) in [4.78, 5) is 32.2. The summed E-state index contributed by atoms with van der Waals surface area (Å²) in [5.74, 6) is 1.31. The van der Waals surface area contributed by atoms with Crippen molar-refractivity contribution in [3.8, 4) is 17.1 Å². The Morgan fingerprint density at radius 2 is 1.77 bits per heavy atom. The number of carbonyl (C=O) groups is 1. The molecule has 2 fully saturated rings. The zero-order valence-corrected chi connectivity index (χ0v) is 22.0. The van der Waals surface area contributed by atoms with Gasteiger partial charge in [0.15, 0.2) is 5.82 Å². The molecular formula is C29H32N6O4. The number of amides is 1. The van der Waals surface area contributed by atoms with E-state index in [2.05, 4.69) is 16.4 Å². The second-order valence-electron chi connectivity index (χ2n) is 10.1. The smallest absolute Gasteiger partial charge is 0.409 e. The maximum atomic E-state index is 14.0. The molecule has 2 aliphatic heterocycles. The van der Waals surface area contributed by atoms with E-state index in [0.29, 0.717) is 37.8 Å². The first-order valence-corrected chi connectivity index (χ1v) is 13.4. The zero-order valence-electron chi connectivity index (χ0n) is 22.0. The molecular weight excluding hydrogens is 496 g/mol. The summed E-state index contributed by atoms with van der Waals surface area (Å²) in [6.45, 7) is 2.49. The number of likely N-dealkylation sites (tertiary alicyclic amines) is 1. The molecule has 4 aromatic rings. The molecule has 0 radical (unpaired) electrons. The minimum atomic E-state index is -0.343. The second-order valence-corrected chi connectivity index (χ2v) is 10.1. The van der Waals surface area contributed by atoms with Crippen molar-refractivity contribution in [3.63, 3.8) is 0 Å². The molecule has 202 valence electrons. The number of nitrogens with one attached hydrogen (secondary N) is 1. The largest absolute Gasteiger partial charge is 0.453 e. The standard InChI is InChI=1S/C29H32N6O4/c1-38-29(37)33-14-9-24(10-15-33)35-28(36)34(25-7-6-20-4-2-3-5-21(20)18-25)27(32-35)22-8-13-30-26(19-22)31-23-11-16-39-17-12-23/h2-8,13,18-19,23-24H,9-12,14-17H2,1H3,(H,30,31). The lowest BCUT2D eigenvalue weighted by molar-refractivity contribution is 0.0904. The molecule has 39 heavy (non-hydrogen) atoms. The number of pyridine rings is 1. The number of nitrogens with zero attached hydrogens (tertiary/aromatic N) is 5. The third-order valence-electron chi connectivity index (χ3n) is 7.63. The third-order valence-corrected chi connectivity index (χ3v) is 7.63. The first-order valence-electron chi connectivity index (χ1n) is 13.4. The Labute approximate surface area is 226 Å². The molecule has 6 rings (SSSR count). The number of carbonyl (C=O) groups excluding carboxylic acids is 1. The van der Waals surface area contributed by atoms with Crippen molar-refractivity contribution in [1.82, 2.24) is 24.2 Å². The predicted molar refractivity (Wildman–Crippen MR) is 148 cm³/mol. The van der Waals surface area contributed by atoms with Crippen LogP contribution in [-0.2, 0) is 9.47 Å². The van der Waals surface area contributed by atoms with Gasteiger partial charge in [0, 0.05) is 44.1 Å². The van der Waals surface area contributed by atoms with Gasteiger partial charge in [-0.3, -0.25) is 0 Å². The van der Waals surface area contributed by atoms with Crippen molar-refractivity contribution in [3.05, 3.63) is 71.3 Å². The highest BCUT2D eigenvalue weighted by Crippen LogP contribution is 2.27. The average molecular weight is 529 g/mol. The Balaban J connectivity index is 1.40. The molecule has 0 bridgehead atoms. The number of aromatic nitrogens is 4. The molecule has 0 aliphatic carbocycles. The Hall–Kier alpha value is -4.18. The van der Waals surface area contributed by atoms with Crippen molar-refractivity contribution in [1.29, 1.82) is 0 Å². The van der Waals surface area contributed by atoms with Gasteiger partial charge in [-0.2, -0.15) is 0 Å². The summed E-state index contributed by atoms with van der Waals surface area (Å²) in [6, 6.07) is 18.1. The van der Waals surface area contributed by atoms with Crippen molar-refractivity contribution >= 4 is 22.7 Å². The fraction of sp³-hybridized carbons (Fsp3) is 0.379. The zero-order chi connectivity index (χ0) is 26.8.